The maximum Gasteiger partial charge on any atom is 0.242 e. The van der Waals surface area contributed by atoms with Crippen molar-refractivity contribution in [1.82, 2.24) is 4.90 Å². The maximum absolute atomic E-state index is 12.2. The molecule has 6 rings (SSSR count). The van der Waals surface area contributed by atoms with Crippen LogP contribution in [0.4, 0.5) is 0 Å². The number of fused-ring (bicyclic) bond motifs is 3. The lowest BCUT2D eigenvalue weighted by Crippen LogP contribution is -2.55. The van der Waals surface area contributed by atoms with Crippen molar-refractivity contribution in [3.63, 3.8) is 0 Å². The Labute approximate surface area is 220 Å². The third kappa shape index (κ3) is 3.77. The van der Waals surface area contributed by atoms with Crippen LogP contribution in [0.5, 0.6) is 0 Å². The smallest absolute Gasteiger partial charge is 0.242 e. The van der Waals surface area contributed by atoms with Crippen molar-refractivity contribution in [3.05, 3.63) is 108 Å². The number of benzene rings is 3. The van der Waals surface area contributed by atoms with Gasteiger partial charge in [0.15, 0.2) is 0 Å². The van der Waals surface area contributed by atoms with E-state index in [1.165, 1.54) is 59.9 Å². The predicted octanol–water partition coefficient (Wildman–Crippen LogP) is 6.83. The highest BCUT2D eigenvalue weighted by atomic mass is 16.7. The Bertz CT molecular complexity index is 1220. The van der Waals surface area contributed by atoms with Gasteiger partial charge in [-0.3, -0.25) is 4.90 Å². The lowest BCUT2D eigenvalue weighted by molar-refractivity contribution is -0.178. The number of ether oxygens (including phenoxy) is 2. The first-order chi connectivity index (χ1) is 18.1. The van der Waals surface area contributed by atoms with Gasteiger partial charge < -0.3 is 14.6 Å². The zero-order valence-electron chi connectivity index (χ0n) is 21.7. The van der Waals surface area contributed by atoms with E-state index >= 15 is 0 Å². The van der Waals surface area contributed by atoms with Gasteiger partial charge in [0.25, 0.3) is 0 Å². The first-order valence-corrected chi connectivity index (χ1v) is 13.8. The third-order valence-corrected chi connectivity index (χ3v) is 8.80. The van der Waals surface area contributed by atoms with Gasteiger partial charge in [0, 0.05) is 0 Å². The van der Waals surface area contributed by atoms with Gasteiger partial charge in [-0.1, -0.05) is 118 Å². The molecule has 0 spiro atoms. The van der Waals surface area contributed by atoms with Crippen LogP contribution in [0.1, 0.15) is 62.1 Å². The summed E-state index contributed by atoms with van der Waals surface area (Å²) in [5, 5.41) is 12.2. The molecule has 1 saturated carbocycles. The Morgan fingerprint density at radius 3 is 2.14 bits per heavy atom. The van der Waals surface area contributed by atoms with E-state index in [2.05, 4.69) is 90.3 Å². The second kappa shape index (κ2) is 9.75. The van der Waals surface area contributed by atoms with Crippen LogP contribution in [-0.4, -0.2) is 35.2 Å². The van der Waals surface area contributed by atoms with Crippen LogP contribution in [0.25, 0.3) is 11.1 Å². The molecule has 1 aliphatic heterocycles. The summed E-state index contributed by atoms with van der Waals surface area (Å²) in [6, 6.07) is 27.8. The lowest BCUT2D eigenvalue weighted by Gasteiger charge is -2.46. The number of hydrogen-bond donors (Lipinski definition) is 1. The zero-order valence-corrected chi connectivity index (χ0v) is 21.7. The van der Waals surface area contributed by atoms with Crippen LogP contribution in [0.15, 0.2) is 91.2 Å². The van der Waals surface area contributed by atoms with Crippen LogP contribution in [0.3, 0.4) is 0 Å². The van der Waals surface area contributed by atoms with Crippen molar-refractivity contribution < 1.29 is 14.6 Å². The Morgan fingerprint density at radius 1 is 0.919 bits per heavy atom. The fraction of sp³-hybridized carbons (Fsp3) is 0.394. The molecule has 1 unspecified atom stereocenters. The van der Waals surface area contributed by atoms with Crippen LogP contribution in [0, 0.1) is 5.92 Å². The summed E-state index contributed by atoms with van der Waals surface area (Å²) in [5.74, 6) is -0.744. The minimum absolute atomic E-state index is 0.275. The number of hydrogen-bond acceptors (Lipinski definition) is 4. The molecule has 2 atom stereocenters. The Morgan fingerprint density at radius 2 is 1.51 bits per heavy atom. The van der Waals surface area contributed by atoms with Gasteiger partial charge in [-0.25, -0.2) is 0 Å². The highest BCUT2D eigenvalue weighted by Gasteiger charge is 2.60. The fourth-order valence-corrected chi connectivity index (χ4v) is 7.14. The normalized spacial score (nSPS) is 25.0. The summed E-state index contributed by atoms with van der Waals surface area (Å²) >= 11 is 0. The molecule has 192 valence electrons. The van der Waals surface area contributed by atoms with Gasteiger partial charge in [-0.05, 0) is 47.1 Å². The Hall–Kier alpha value is -2.92. The summed E-state index contributed by atoms with van der Waals surface area (Å²) in [5.41, 5.74) is 5.49. The molecule has 4 nitrogen and oxygen atoms in total. The molecule has 0 radical (unpaired) electrons. The topological polar surface area (TPSA) is 41.9 Å². The molecule has 3 aromatic rings. The minimum Gasteiger partial charge on any atom is -0.493 e. The van der Waals surface area contributed by atoms with E-state index in [1.54, 1.807) is 0 Å². The van der Waals surface area contributed by atoms with Crippen LogP contribution in [0.2, 0.25) is 0 Å². The Balaban J connectivity index is 1.58. The molecule has 3 aromatic carbocycles. The average molecular weight is 496 g/mol. The fourth-order valence-electron chi connectivity index (χ4n) is 7.14. The van der Waals surface area contributed by atoms with Crippen molar-refractivity contribution in [2.45, 2.75) is 62.8 Å². The standard InChI is InChI=1S/C33H37NO3/c1-3-36-24(2)33(35)31(22-25-14-6-4-7-15-25)34(23-37-33)32(26-16-8-5-9-17-26)29-20-12-10-18-27(29)28-19-11-13-21-30(28)32/h5,8-13,16-21,25,31,35H,2-4,6-7,14-15,22-23H2,1H3/t31-,33?/m0/s1. The van der Waals surface area contributed by atoms with Crippen LogP contribution in [-0.2, 0) is 15.0 Å². The molecule has 4 heteroatoms. The van der Waals surface area contributed by atoms with E-state index in [-0.39, 0.29) is 12.8 Å². The predicted molar refractivity (Wildman–Crippen MR) is 147 cm³/mol. The molecule has 0 amide bonds. The van der Waals surface area contributed by atoms with E-state index < -0.39 is 11.3 Å². The third-order valence-electron chi connectivity index (χ3n) is 8.80. The zero-order chi connectivity index (χ0) is 25.5. The van der Waals surface area contributed by atoms with Crippen molar-refractivity contribution in [1.29, 1.82) is 0 Å². The second-order valence-electron chi connectivity index (χ2n) is 10.7. The van der Waals surface area contributed by atoms with E-state index in [4.69, 9.17) is 9.47 Å². The lowest BCUT2D eigenvalue weighted by atomic mass is 9.76. The van der Waals surface area contributed by atoms with Gasteiger partial charge in [0.1, 0.15) is 18.0 Å². The molecule has 1 heterocycles. The van der Waals surface area contributed by atoms with Crippen molar-refractivity contribution >= 4 is 0 Å². The Kier molecular flexibility index (Phi) is 6.44. The highest BCUT2D eigenvalue weighted by molar-refractivity contribution is 5.83. The van der Waals surface area contributed by atoms with Gasteiger partial charge in [-0.15, -0.1) is 0 Å². The molecule has 1 saturated heterocycles. The molecule has 2 fully saturated rings. The minimum atomic E-state index is -1.58. The average Bonchev–Trinajstić information content (AvgIpc) is 3.44. The van der Waals surface area contributed by atoms with E-state index in [9.17, 15) is 5.11 Å². The van der Waals surface area contributed by atoms with E-state index in [0.29, 0.717) is 18.3 Å². The van der Waals surface area contributed by atoms with Crippen molar-refractivity contribution in [2.24, 2.45) is 5.92 Å². The number of rotatable bonds is 7. The molecular formula is C33H37NO3. The molecule has 2 aliphatic carbocycles. The summed E-state index contributed by atoms with van der Waals surface area (Å²) in [6.07, 6.45) is 7.00. The molecule has 0 bridgehead atoms. The summed E-state index contributed by atoms with van der Waals surface area (Å²) in [6.45, 7) is 6.80. The highest BCUT2D eigenvalue weighted by Crippen LogP contribution is 2.57. The summed E-state index contributed by atoms with van der Waals surface area (Å²) in [4.78, 5) is 2.41. The molecule has 37 heavy (non-hydrogen) atoms. The summed E-state index contributed by atoms with van der Waals surface area (Å²) < 4.78 is 12.2. The quantitative estimate of drug-likeness (QED) is 0.365. The van der Waals surface area contributed by atoms with Gasteiger partial charge in [0.2, 0.25) is 5.79 Å². The molecular weight excluding hydrogens is 458 g/mol. The second-order valence-corrected chi connectivity index (χ2v) is 10.7. The largest absolute Gasteiger partial charge is 0.493 e. The van der Waals surface area contributed by atoms with Crippen LogP contribution >= 0.6 is 0 Å². The van der Waals surface area contributed by atoms with Gasteiger partial charge >= 0.3 is 0 Å². The first-order valence-electron chi connectivity index (χ1n) is 13.8. The molecule has 3 aliphatic rings. The van der Waals surface area contributed by atoms with E-state index in [1.807, 2.05) is 6.92 Å². The van der Waals surface area contributed by atoms with Gasteiger partial charge in [0.05, 0.1) is 12.6 Å². The summed E-state index contributed by atoms with van der Waals surface area (Å²) in [7, 11) is 0. The number of nitrogens with zero attached hydrogens (tertiary/aromatic N) is 1. The SMILES string of the molecule is C=C(OCC)C1(O)OCN(C2(c3ccccc3)c3ccccc3-c3ccccc32)[C@H]1CC1CCCCC1. The maximum atomic E-state index is 12.2. The van der Waals surface area contributed by atoms with Crippen molar-refractivity contribution in [2.75, 3.05) is 13.3 Å². The van der Waals surface area contributed by atoms with Gasteiger partial charge in [-0.2, -0.15) is 0 Å². The van der Waals surface area contributed by atoms with Crippen LogP contribution < -0.4 is 0 Å². The van der Waals surface area contributed by atoms with E-state index in [0.717, 1.165) is 6.42 Å². The molecule has 0 aromatic heterocycles. The number of aliphatic hydroxyl groups is 1. The first kappa shape index (κ1) is 24.4. The molecule has 1 N–H and O–H groups in total. The van der Waals surface area contributed by atoms with Crippen molar-refractivity contribution in [3.8, 4) is 11.1 Å². The monoisotopic (exact) mass is 495 g/mol.